The van der Waals surface area contributed by atoms with E-state index in [1.807, 2.05) is 13.1 Å². The molecule has 0 saturated heterocycles. The lowest BCUT2D eigenvalue weighted by Gasteiger charge is -2.19. The van der Waals surface area contributed by atoms with Gasteiger partial charge in [-0.15, -0.1) is 0 Å². The molecule has 1 atom stereocenters. The number of nitrogens with one attached hydrogen (secondary N) is 1. The fraction of sp³-hybridized carbons (Fsp3) is 0.294. The minimum atomic E-state index is -0.162. The molecule has 2 rings (SSSR count). The number of hydrogen-bond donors (Lipinski definition) is 1. The van der Waals surface area contributed by atoms with Crippen molar-refractivity contribution in [2.75, 3.05) is 13.6 Å². The van der Waals surface area contributed by atoms with E-state index < -0.39 is 0 Å². The van der Waals surface area contributed by atoms with Crippen LogP contribution in [0.4, 0.5) is 4.39 Å². The maximum atomic E-state index is 13.3. The van der Waals surface area contributed by atoms with Crippen molar-refractivity contribution in [2.45, 2.75) is 19.3 Å². The van der Waals surface area contributed by atoms with Gasteiger partial charge in [0.25, 0.3) is 0 Å². The topological polar surface area (TPSA) is 12.0 Å². The molecule has 2 aromatic rings. The third kappa shape index (κ3) is 3.65. The molecule has 0 saturated carbocycles. The molecule has 19 heavy (non-hydrogen) atoms. The van der Waals surface area contributed by atoms with Gasteiger partial charge in [0.15, 0.2) is 0 Å². The Balaban J connectivity index is 2.24. The van der Waals surface area contributed by atoms with Gasteiger partial charge in [0.05, 0.1) is 0 Å². The molecule has 0 heterocycles. The van der Waals surface area contributed by atoms with Crippen LogP contribution in [0, 0.1) is 12.7 Å². The predicted molar refractivity (Wildman–Crippen MR) is 78.0 cm³/mol. The van der Waals surface area contributed by atoms with E-state index in [0.717, 1.165) is 18.5 Å². The maximum absolute atomic E-state index is 13.3. The lowest BCUT2D eigenvalue weighted by atomic mass is 9.89. The third-order valence-corrected chi connectivity index (χ3v) is 3.45. The molecule has 0 spiro atoms. The molecule has 0 amide bonds. The van der Waals surface area contributed by atoms with Gasteiger partial charge in [0.2, 0.25) is 0 Å². The number of hydrogen-bond acceptors (Lipinski definition) is 1. The summed E-state index contributed by atoms with van der Waals surface area (Å²) in [6.45, 7) is 3.02. The second-order valence-electron chi connectivity index (χ2n) is 4.95. The summed E-state index contributed by atoms with van der Waals surface area (Å²) < 4.78 is 13.3. The van der Waals surface area contributed by atoms with Crippen molar-refractivity contribution in [2.24, 2.45) is 0 Å². The van der Waals surface area contributed by atoms with Gasteiger partial charge in [0.1, 0.15) is 5.82 Å². The first-order chi connectivity index (χ1) is 9.20. The van der Waals surface area contributed by atoms with E-state index in [2.05, 4.69) is 36.5 Å². The molecule has 1 N–H and O–H groups in total. The van der Waals surface area contributed by atoms with Crippen LogP contribution in [-0.2, 0) is 6.42 Å². The zero-order valence-corrected chi connectivity index (χ0v) is 11.5. The molecule has 0 aliphatic heterocycles. The summed E-state index contributed by atoms with van der Waals surface area (Å²) in [7, 11) is 1.96. The molecule has 0 aliphatic carbocycles. The first-order valence-electron chi connectivity index (χ1n) is 6.65. The Morgan fingerprint density at radius 3 is 2.58 bits per heavy atom. The van der Waals surface area contributed by atoms with Crippen LogP contribution >= 0.6 is 0 Å². The molecule has 1 unspecified atom stereocenters. The van der Waals surface area contributed by atoms with E-state index in [0.29, 0.717) is 5.92 Å². The quantitative estimate of drug-likeness (QED) is 0.861. The summed E-state index contributed by atoms with van der Waals surface area (Å²) in [4.78, 5) is 0. The van der Waals surface area contributed by atoms with Gasteiger partial charge >= 0.3 is 0 Å². The van der Waals surface area contributed by atoms with Crippen LogP contribution in [0.2, 0.25) is 0 Å². The molecular weight excluding hydrogens is 237 g/mol. The Labute approximate surface area is 114 Å². The van der Waals surface area contributed by atoms with Crippen molar-refractivity contribution >= 4 is 0 Å². The fourth-order valence-corrected chi connectivity index (χ4v) is 2.53. The Bertz CT molecular complexity index is 536. The molecular formula is C17H20FN. The van der Waals surface area contributed by atoms with E-state index in [1.165, 1.54) is 17.2 Å². The molecule has 0 aromatic heterocycles. The molecule has 100 valence electrons. The summed E-state index contributed by atoms with van der Waals surface area (Å²) in [5.41, 5.74) is 3.67. The number of halogens is 1. The average Bonchev–Trinajstić information content (AvgIpc) is 2.39. The van der Waals surface area contributed by atoms with Crippen LogP contribution < -0.4 is 5.32 Å². The monoisotopic (exact) mass is 257 g/mol. The van der Waals surface area contributed by atoms with Crippen LogP contribution in [0.25, 0.3) is 0 Å². The van der Waals surface area contributed by atoms with Crippen LogP contribution in [0.3, 0.4) is 0 Å². The highest BCUT2D eigenvalue weighted by Gasteiger charge is 2.13. The number of benzene rings is 2. The first-order valence-corrected chi connectivity index (χ1v) is 6.65. The molecule has 0 fully saturated rings. The van der Waals surface area contributed by atoms with Gasteiger partial charge in [0, 0.05) is 12.5 Å². The second-order valence-corrected chi connectivity index (χ2v) is 4.95. The SMILES string of the molecule is CNCC(Cc1cccc(F)c1)c1ccccc1C. The van der Waals surface area contributed by atoms with Crippen LogP contribution in [-0.4, -0.2) is 13.6 Å². The van der Waals surface area contributed by atoms with Crippen LogP contribution in [0.1, 0.15) is 22.6 Å². The zero-order chi connectivity index (χ0) is 13.7. The Hall–Kier alpha value is -1.67. The fourth-order valence-electron chi connectivity index (χ4n) is 2.53. The average molecular weight is 257 g/mol. The normalized spacial score (nSPS) is 12.4. The standard InChI is InChI=1S/C17H20FN/c1-13-6-3-4-9-17(13)15(12-19-2)10-14-7-5-8-16(18)11-14/h3-9,11,15,19H,10,12H2,1-2H3. The summed E-state index contributed by atoms with van der Waals surface area (Å²) >= 11 is 0. The highest BCUT2D eigenvalue weighted by Crippen LogP contribution is 2.23. The van der Waals surface area contributed by atoms with Crippen LogP contribution in [0.5, 0.6) is 0 Å². The van der Waals surface area contributed by atoms with Crippen molar-refractivity contribution < 1.29 is 4.39 Å². The van der Waals surface area contributed by atoms with Crippen LogP contribution in [0.15, 0.2) is 48.5 Å². The zero-order valence-electron chi connectivity index (χ0n) is 11.5. The van der Waals surface area contributed by atoms with E-state index in [-0.39, 0.29) is 5.82 Å². The van der Waals surface area contributed by atoms with Crippen molar-refractivity contribution in [1.29, 1.82) is 0 Å². The minimum Gasteiger partial charge on any atom is -0.319 e. The van der Waals surface area contributed by atoms with Crippen molar-refractivity contribution in [3.8, 4) is 0 Å². The van der Waals surface area contributed by atoms with Crippen molar-refractivity contribution in [3.05, 3.63) is 71.0 Å². The number of aryl methyl sites for hydroxylation is 1. The Morgan fingerprint density at radius 1 is 1.11 bits per heavy atom. The molecule has 0 aliphatic rings. The van der Waals surface area contributed by atoms with Gasteiger partial charge in [-0.05, 0) is 49.2 Å². The van der Waals surface area contributed by atoms with Gasteiger partial charge in [-0.1, -0.05) is 36.4 Å². The van der Waals surface area contributed by atoms with E-state index in [4.69, 9.17) is 0 Å². The van der Waals surface area contributed by atoms with E-state index >= 15 is 0 Å². The molecule has 2 heteroatoms. The Kier molecular flexibility index (Phi) is 4.69. The van der Waals surface area contributed by atoms with Gasteiger partial charge in [-0.2, -0.15) is 0 Å². The van der Waals surface area contributed by atoms with E-state index in [1.54, 1.807) is 12.1 Å². The van der Waals surface area contributed by atoms with Gasteiger partial charge in [-0.3, -0.25) is 0 Å². The second kappa shape index (κ2) is 6.48. The number of likely N-dealkylation sites (N-methyl/N-ethyl adjacent to an activating group) is 1. The van der Waals surface area contributed by atoms with Gasteiger partial charge in [-0.25, -0.2) is 4.39 Å². The number of rotatable bonds is 5. The lowest BCUT2D eigenvalue weighted by molar-refractivity contribution is 0.607. The molecule has 2 aromatic carbocycles. The summed E-state index contributed by atoms with van der Waals surface area (Å²) in [6.07, 6.45) is 0.851. The highest BCUT2D eigenvalue weighted by atomic mass is 19.1. The van der Waals surface area contributed by atoms with Crippen molar-refractivity contribution in [3.63, 3.8) is 0 Å². The van der Waals surface area contributed by atoms with Gasteiger partial charge < -0.3 is 5.32 Å². The largest absolute Gasteiger partial charge is 0.319 e. The minimum absolute atomic E-state index is 0.162. The summed E-state index contributed by atoms with van der Waals surface area (Å²) in [5, 5.41) is 3.23. The smallest absolute Gasteiger partial charge is 0.123 e. The Morgan fingerprint density at radius 2 is 1.89 bits per heavy atom. The maximum Gasteiger partial charge on any atom is 0.123 e. The first kappa shape index (κ1) is 13.8. The molecule has 0 radical (unpaired) electrons. The predicted octanol–water partition coefficient (Wildman–Crippen LogP) is 3.68. The van der Waals surface area contributed by atoms with E-state index in [9.17, 15) is 4.39 Å². The molecule has 1 nitrogen and oxygen atoms in total. The highest BCUT2D eigenvalue weighted by molar-refractivity contribution is 5.31. The summed E-state index contributed by atoms with van der Waals surface area (Å²) in [5.74, 6) is 0.207. The summed E-state index contributed by atoms with van der Waals surface area (Å²) in [6, 6.07) is 15.3. The third-order valence-electron chi connectivity index (χ3n) is 3.45. The van der Waals surface area contributed by atoms with Crippen molar-refractivity contribution in [1.82, 2.24) is 5.32 Å². The molecule has 0 bridgehead atoms. The lowest BCUT2D eigenvalue weighted by Crippen LogP contribution is -2.20.